The van der Waals surface area contributed by atoms with Gasteiger partial charge in [-0.25, -0.2) is 4.98 Å². The molecule has 5 nitrogen and oxygen atoms in total. The molecular formula is C20H19N3O2. The second-order valence-electron chi connectivity index (χ2n) is 6.43. The van der Waals surface area contributed by atoms with E-state index in [1.54, 1.807) is 10.6 Å². The molecule has 2 heterocycles. The third-order valence-electron chi connectivity index (χ3n) is 4.80. The molecule has 5 heteroatoms. The van der Waals surface area contributed by atoms with Crippen LogP contribution in [0.25, 0.3) is 10.9 Å². The monoisotopic (exact) mass is 333 g/mol. The maximum atomic E-state index is 12.8. The van der Waals surface area contributed by atoms with E-state index in [9.17, 15) is 9.59 Å². The molecule has 1 aliphatic rings. The predicted molar refractivity (Wildman–Crippen MR) is 97.9 cm³/mol. The predicted octanol–water partition coefficient (Wildman–Crippen LogP) is 3.00. The molecule has 0 saturated heterocycles. The number of carbonyl (C=O) groups excluding carboxylic acids is 1. The molecule has 0 unspecified atom stereocenters. The van der Waals surface area contributed by atoms with Gasteiger partial charge in [0.15, 0.2) is 0 Å². The minimum atomic E-state index is -0.319. The zero-order valence-corrected chi connectivity index (χ0v) is 14.2. The summed E-state index contributed by atoms with van der Waals surface area (Å²) >= 11 is 0. The van der Waals surface area contributed by atoms with E-state index in [0.29, 0.717) is 29.7 Å². The Morgan fingerprint density at radius 2 is 1.96 bits per heavy atom. The lowest BCUT2D eigenvalue weighted by molar-refractivity contribution is -0.117. The van der Waals surface area contributed by atoms with Crippen LogP contribution in [0.2, 0.25) is 0 Å². The number of nitrogens with one attached hydrogen (secondary N) is 1. The number of para-hydroxylation sites is 1. The van der Waals surface area contributed by atoms with Gasteiger partial charge in [0.1, 0.15) is 5.82 Å². The molecule has 0 fully saturated rings. The van der Waals surface area contributed by atoms with Crippen molar-refractivity contribution in [3.63, 3.8) is 0 Å². The Hall–Kier alpha value is -2.95. The van der Waals surface area contributed by atoms with Crippen LogP contribution in [0.4, 0.5) is 5.69 Å². The highest BCUT2D eigenvalue weighted by atomic mass is 16.2. The standard InChI is InChI=1S/C20H19N3O2/c1-3-23-18(21-16-7-5-4-6-13(16)20(23)25)11-15-14-10-12(2)8-9-17(14)22-19(15)24/h4-10,15H,3,11H2,1-2H3,(H,22,24)/t15-/m1/s1. The fraction of sp³-hybridized carbons (Fsp3) is 0.250. The van der Waals surface area contributed by atoms with E-state index >= 15 is 0 Å². The fourth-order valence-electron chi connectivity index (χ4n) is 3.53. The van der Waals surface area contributed by atoms with Gasteiger partial charge in [0, 0.05) is 18.7 Å². The first-order valence-corrected chi connectivity index (χ1v) is 8.48. The topological polar surface area (TPSA) is 64.0 Å². The lowest BCUT2D eigenvalue weighted by Gasteiger charge is -2.15. The van der Waals surface area contributed by atoms with Gasteiger partial charge in [0.25, 0.3) is 5.56 Å². The number of hydrogen-bond donors (Lipinski definition) is 1. The Morgan fingerprint density at radius 1 is 1.16 bits per heavy atom. The zero-order chi connectivity index (χ0) is 17.6. The molecular weight excluding hydrogens is 314 g/mol. The highest BCUT2D eigenvalue weighted by Crippen LogP contribution is 2.35. The lowest BCUT2D eigenvalue weighted by atomic mass is 9.95. The second kappa shape index (κ2) is 5.84. The Morgan fingerprint density at radius 3 is 2.76 bits per heavy atom. The number of aromatic nitrogens is 2. The lowest BCUT2D eigenvalue weighted by Crippen LogP contribution is -2.27. The van der Waals surface area contributed by atoms with Gasteiger partial charge in [-0.2, -0.15) is 0 Å². The summed E-state index contributed by atoms with van der Waals surface area (Å²) < 4.78 is 1.67. The maximum Gasteiger partial charge on any atom is 0.261 e. The molecule has 0 spiro atoms. The second-order valence-corrected chi connectivity index (χ2v) is 6.43. The maximum absolute atomic E-state index is 12.8. The summed E-state index contributed by atoms with van der Waals surface area (Å²) in [6.07, 6.45) is 0.413. The van der Waals surface area contributed by atoms with E-state index in [2.05, 4.69) is 10.3 Å². The van der Waals surface area contributed by atoms with Crippen molar-refractivity contribution < 1.29 is 4.79 Å². The van der Waals surface area contributed by atoms with Crippen LogP contribution < -0.4 is 10.9 Å². The first-order chi connectivity index (χ1) is 12.1. The average molecular weight is 333 g/mol. The molecule has 0 bridgehead atoms. The van der Waals surface area contributed by atoms with E-state index in [1.165, 1.54) is 0 Å². The number of benzene rings is 2. The molecule has 0 saturated carbocycles. The van der Waals surface area contributed by atoms with Crippen LogP contribution in [-0.4, -0.2) is 15.5 Å². The zero-order valence-electron chi connectivity index (χ0n) is 14.2. The van der Waals surface area contributed by atoms with Crippen molar-refractivity contribution in [3.05, 3.63) is 69.8 Å². The van der Waals surface area contributed by atoms with E-state index in [0.717, 1.165) is 16.8 Å². The summed E-state index contributed by atoms with van der Waals surface area (Å²) in [6, 6.07) is 13.3. The highest BCUT2D eigenvalue weighted by Gasteiger charge is 2.32. The summed E-state index contributed by atoms with van der Waals surface area (Å²) in [4.78, 5) is 29.9. The van der Waals surface area contributed by atoms with Crippen LogP contribution in [0.5, 0.6) is 0 Å². The number of anilines is 1. The summed E-state index contributed by atoms with van der Waals surface area (Å²) in [5.74, 6) is 0.298. The van der Waals surface area contributed by atoms with Gasteiger partial charge in [-0.15, -0.1) is 0 Å². The first kappa shape index (κ1) is 15.6. The van der Waals surface area contributed by atoms with Crippen LogP contribution in [0.3, 0.4) is 0 Å². The summed E-state index contributed by atoms with van der Waals surface area (Å²) in [5, 5.41) is 3.54. The Balaban J connectivity index is 1.83. The van der Waals surface area contributed by atoms with Crippen LogP contribution in [0, 0.1) is 6.92 Å². The number of aryl methyl sites for hydroxylation is 1. The third-order valence-corrected chi connectivity index (χ3v) is 4.80. The molecule has 1 aliphatic heterocycles. The quantitative estimate of drug-likeness (QED) is 0.801. The Labute approximate surface area is 145 Å². The van der Waals surface area contributed by atoms with E-state index in [-0.39, 0.29) is 17.4 Å². The van der Waals surface area contributed by atoms with Gasteiger partial charge < -0.3 is 5.32 Å². The number of rotatable bonds is 3. The van der Waals surface area contributed by atoms with Crippen LogP contribution in [0.1, 0.15) is 29.8 Å². The van der Waals surface area contributed by atoms with Gasteiger partial charge >= 0.3 is 0 Å². The van der Waals surface area contributed by atoms with E-state index in [4.69, 9.17) is 0 Å². The summed E-state index contributed by atoms with van der Waals surface area (Å²) in [5.41, 5.74) is 3.57. The Bertz CT molecular complexity index is 1050. The number of fused-ring (bicyclic) bond motifs is 2. The highest BCUT2D eigenvalue weighted by molar-refractivity contribution is 6.03. The van der Waals surface area contributed by atoms with E-state index in [1.807, 2.05) is 50.2 Å². The summed E-state index contributed by atoms with van der Waals surface area (Å²) in [6.45, 7) is 4.46. The normalized spacial score (nSPS) is 16.1. The average Bonchev–Trinajstić information content (AvgIpc) is 2.90. The van der Waals surface area contributed by atoms with E-state index < -0.39 is 0 Å². The van der Waals surface area contributed by atoms with Gasteiger partial charge in [-0.05, 0) is 37.6 Å². The molecule has 3 aromatic rings. The summed E-state index contributed by atoms with van der Waals surface area (Å²) in [7, 11) is 0. The molecule has 4 rings (SSSR count). The molecule has 25 heavy (non-hydrogen) atoms. The molecule has 2 aromatic carbocycles. The number of carbonyl (C=O) groups is 1. The Kier molecular flexibility index (Phi) is 3.64. The van der Waals surface area contributed by atoms with Crippen molar-refractivity contribution in [2.75, 3.05) is 5.32 Å². The van der Waals surface area contributed by atoms with Gasteiger partial charge in [0.2, 0.25) is 5.91 Å². The van der Waals surface area contributed by atoms with Crippen molar-refractivity contribution in [3.8, 4) is 0 Å². The van der Waals surface area contributed by atoms with Crippen LogP contribution >= 0.6 is 0 Å². The molecule has 1 amide bonds. The number of amides is 1. The molecule has 0 radical (unpaired) electrons. The third kappa shape index (κ3) is 2.52. The van der Waals surface area contributed by atoms with Crippen molar-refractivity contribution in [1.82, 2.24) is 9.55 Å². The minimum Gasteiger partial charge on any atom is -0.325 e. The van der Waals surface area contributed by atoms with Crippen molar-refractivity contribution in [1.29, 1.82) is 0 Å². The molecule has 1 atom stereocenters. The largest absolute Gasteiger partial charge is 0.325 e. The molecule has 0 aliphatic carbocycles. The van der Waals surface area contributed by atoms with Crippen molar-refractivity contribution in [2.24, 2.45) is 0 Å². The molecule has 1 aromatic heterocycles. The van der Waals surface area contributed by atoms with Gasteiger partial charge in [-0.1, -0.05) is 29.8 Å². The van der Waals surface area contributed by atoms with Crippen LogP contribution in [0.15, 0.2) is 47.3 Å². The smallest absolute Gasteiger partial charge is 0.261 e. The first-order valence-electron chi connectivity index (χ1n) is 8.48. The van der Waals surface area contributed by atoms with Crippen molar-refractivity contribution >= 4 is 22.5 Å². The van der Waals surface area contributed by atoms with Gasteiger partial charge in [0.05, 0.1) is 16.8 Å². The van der Waals surface area contributed by atoms with Crippen LogP contribution in [-0.2, 0) is 17.8 Å². The molecule has 126 valence electrons. The fourth-order valence-corrected chi connectivity index (χ4v) is 3.53. The van der Waals surface area contributed by atoms with Crippen molar-refractivity contribution in [2.45, 2.75) is 32.7 Å². The number of nitrogens with zero attached hydrogens (tertiary/aromatic N) is 2. The number of hydrogen-bond acceptors (Lipinski definition) is 3. The minimum absolute atomic E-state index is 0.0364. The molecule has 1 N–H and O–H groups in total. The SMILES string of the molecule is CCn1c(C[C@H]2C(=O)Nc3ccc(C)cc32)nc2ccccc2c1=O. The van der Waals surface area contributed by atoms with Gasteiger partial charge in [-0.3, -0.25) is 14.2 Å².